The van der Waals surface area contributed by atoms with Gasteiger partial charge in [0, 0.05) is 19.0 Å². The number of hydrogen-bond donors (Lipinski definition) is 1. The molecule has 3 aromatic rings. The van der Waals surface area contributed by atoms with E-state index in [4.69, 9.17) is 0 Å². The van der Waals surface area contributed by atoms with Crippen LogP contribution in [0.4, 0.5) is 0 Å². The summed E-state index contributed by atoms with van der Waals surface area (Å²) in [4.78, 5) is 8.08. The first-order valence-corrected chi connectivity index (χ1v) is 9.97. The molecular weight excluding hydrogens is 348 g/mol. The van der Waals surface area contributed by atoms with Crippen LogP contribution in [0.1, 0.15) is 30.1 Å². The summed E-state index contributed by atoms with van der Waals surface area (Å²) < 4.78 is 27.3. The van der Waals surface area contributed by atoms with Crippen molar-refractivity contribution in [3.63, 3.8) is 0 Å². The highest BCUT2D eigenvalue weighted by Crippen LogP contribution is 2.31. The molecule has 2 heterocycles. The van der Waals surface area contributed by atoms with E-state index < -0.39 is 10.0 Å². The number of nitriles is 1. The van der Waals surface area contributed by atoms with Crippen LogP contribution in [-0.4, -0.2) is 35.8 Å². The van der Waals surface area contributed by atoms with Gasteiger partial charge < -0.3 is 4.98 Å². The average Bonchev–Trinajstić information content (AvgIpc) is 3.12. The number of aromatic amines is 1. The van der Waals surface area contributed by atoms with Gasteiger partial charge in [0.2, 0.25) is 10.0 Å². The minimum absolute atomic E-state index is 0.0877. The van der Waals surface area contributed by atoms with Gasteiger partial charge in [0.25, 0.3) is 0 Å². The molecule has 26 heavy (non-hydrogen) atoms. The minimum Gasteiger partial charge on any atom is -0.342 e. The van der Waals surface area contributed by atoms with E-state index in [1.807, 2.05) is 30.3 Å². The van der Waals surface area contributed by atoms with Gasteiger partial charge in [-0.1, -0.05) is 24.3 Å². The first-order chi connectivity index (χ1) is 12.6. The van der Waals surface area contributed by atoms with Crippen LogP contribution in [0.5, 0.6) is 0 Å². The van der Waals surface area contributed by atoms with Gasteiger partial charge in [-0.15, -0.1) is 0 Å². The summed E-state index contributed by atoms with van der Waals surface area (Å²) in [5, 5.41) is 9.19. The van der Waals surface area contributed by atoms with Crippen LogP contribution in [0.2, 0.25) is 0 Å². The number of nitrogens with zero attached hydrogens (tertiary/aromatic N) is 3. The van der Waals surface area contributed by atoms with Gasteiger partial charge in [0.05, 0.1) is 21.5 Å². The molecule has 0 atom stereocenters. The Morgan fingerprint density at radius 2 is 1.77 bits per heavy atom. The summed E-state index contributed by atoms with van der Waals surface area (Å²) in [5.41, 5.74) is 2.12. The lowest BCUT2D eigenvalue weighted by Gasteiger charge is -2.30. The molecule has 1 fully saturated rings. The molecule has 0 bridgehead atoms. The molecule has 2 aromatic carbocycles. The average molecular weight is 366 g/mol. The predicted octanol–water partition coefficient (Wildman–Crippen LogP) is 3.00. The zero-order valence-electron chi connectivity index (χ0n) is 14.1. The highest BCUT2D eigenvalue weighted by Gasteiger charge is 2.32. The van der Waals surface area contributed by atoms with Crippen molar-refractivity contribution in [1.82, 2.24) is 14.3 Å². The number of aromatic nitrogens is 2. The van der Waals surface area contributed by atoms with Crippen LogP contribution >= 0.6 is 0 Å². The van der Waals surface area contributed by atoms with E-state index in [-0.39, 0.29) is 16.4 Å². The first-order valence-electron chi connectivity index (χ1n) is 8.53. The molecule has 1 aromatic heterocycles. The molecular formula is C19H18N4O2S. The molecule has 4 rings (SSSR count). The second kappa shape index (κ2) is 6.56. The van der Waals surface area contributed by atoms with Crippen LogP contribution in [0.15, 0.2) is 53.4 Å². The Hall–Kier alpha value is -2.69. The standard InChI is InChI=1S/C19H18N4O2S/c20-13-15-5-1-4-8-18(15)26(24,25)23-11-9-14(10-12-23)19-21-16-6-2-3-7-17(16)22-19/h1-8,14H,9-12H2,(H,21,22). The predicted molar refractivity (Wildman–Crippen MR) is 98.0 cm³/mol. The SMILES string of the molecule is N#Cc1ccccc1S(=O)(=O)N1CCC(c2nc3ccccc3[nH]2)CC1. The summed E-state index contributed by atoms with van der Waals surface area (Å²) in [6, 6.07) is 16.2. The summed E-state index contributed by atoms with van der Waals surface area (Å²) in [5.74, 6) is 1.13. The third-order valence-electron chi connectivity index (χ3n) is 4.87. The van der Waals surface area contributed by atoms with Crippen molar-refractivity contribution in [2.75, 3.05) is 13.1 Å². The number of benzene rings is 2. The molecule has 132 valence electrons. The van der Waals surface area contributed by atoms with Crippen LogP contribution in [0.3, 0.4) is 0 Å². The van der Waals surface area contributed by atoms with Crippen molar-refractivity contribution in [3.05, 3.63) is 59.9 Å². The van der Waals surface area contributed by atoms with Crippen molar-refractivity contribution in [1.29, 1.82) is 5.26 Å². The lowest BCUT2D eigenvalue weighted by Crippen LogP contribution is -2.38. The number of para-hydroxylation sites is 2. The van der Waals surface area contributed by atoms with E-state index in [1.165, 1.54) is 16.4 Å². The lowest BCUT2D eigenvalue weighted by molar-refractivity contribution is 0.314. The van der Waals surface area contributed by atoms with Gasteiger partial charge in [-0.3, -0.25) is 0 Å². The number of hydrogen-bond acceptors (Lipinski definition) is 4. The van der Waals surface area contributed by atoms with Gasteiger partial charge in [0.1, 0.15) is 11.9 Å². The number of sulfonamides is 1. The Morgan fingerprint density at radius 1 is 1.08 bits per heavy atom. The Kier molecular flexibility index (Phi) is 4.23. The molecule has 0 aliphatic carbocycles. The third kappa shape index (κ3) is 2.87. The van der Waals surface area contributed by atoms with Crippen molar-refractivity contribution < 1.29 is 8.42 Å². The van der Waals surface area contributed by atoms with E-state index in [2.05, 4.69) is 9.97 Å². The van der Waals surface area contributed by atoms with Crippen molar-refractivity contribution in [3.8, 4) is 6.07 Å². The zero-order valence-corrected chi connectivity index (χ0v) is 14.9. The normalized spacial score (nSPS) is 16.6. The molecule has 7 heteroatoms. The lowest BCUT2D eigenvalue weighted by atomic mass is 9.97. The fourth-order valence-corrected chi connectivity index (χ4v) is 5.07. The van der Waals surface area contributed by atoms with Gasteiger partial charge in [-0.05, 0) is 37.1 Å². The number of nitrogens with one attached hydrogen (secondary N) is 1. The van der Waals surface area contributed by atoms with Crippen LogP contribution in [-0.2, 0) is 10.0 Å². The van der Waals surface area contributed by atoms with Gasteiger partial charge >= 0.3 is 0 Å². The molecule has 1 aliphatic heterocycles. The van der Waals surface area contributed by atoms with E-state index in [1.54, 1.807) is 12.1 Å². The van der Waals surface area contributed by atoms with E-state index in [9.17, 15) is 13.7 Å². The number of rotatable bonds is 3. The summed E-state index contributed by atoms with van der Waals surface area (Å²) in [7, 11) is -3.65. The van der Waals surface area contributed by atoms with Crippen LogP contribution < -0.4 is 0 Å². The van der Waals surface area contributed by atoms with E-state index in [0.717, 1.165) is 16.9 Å². The quantitative estimate of drug-likeness (QED) is 0.771. The maximum absolute atomic E-state index is 12.9. The molecule has 0 saturated carbocycles. The summed E-state index contributed by atoms with van der Waals surface area (Å²) in [6.45, 7) is 0.841. The molecule has 0 spiro atoms. The zero-order chi connectivity index (χ0) is 18.1. The molecule has 1 saturated heterocycles. The Labute approximate surface area is 152 Å². The largest absolute Gasteiger partial charge is 0.342 e. The highest BCUT2D eigenvalue weighted by molar-refractivity contribution is 7.89. The second-order valence-corrected chi connectivity index (χ2v) is 8.33. The van der Waals surface area contributed by atoms with E-state index >= 15 is 0 Å². The second-order valence-electron chi connectivity index (χ2n) is 6.43. The molecule has 0 unspecified atom stereocenters. The van der Waals surface area contributed by atoms with Gasteiger partial charge in [0.15, 0.2) is 0 Å². The highest BCUT2D eigenvalue weighted by atomic mass is 32.2. The molecule has 6 nitrogen and oxygen atoms in total. The smallest absolute Gasteiger partial charge is 0.244 e. The topological polar surface area (TPSA) is 89.8 Å². The van der Waals surface area contributed by atoms with Crippen molar-refractivity contribution in [2.45, 2.75) is 23.7 Å². The molecule has 1 N–H and O–H groups in total. The minimum atomic E-state index is -3.65. The van der Waals surface area contributed by atoms with Gasteiger partial charge in [-0.2, -0.15) is 9.57 Å². The molecule has 0 radical (unpaired) electrons. The maximum atomic E-state index is 12.9. The monoisotopic (exact) mass is 366 g/mol. The number of fused-ring (bicyclic) bond motifs is 1. The summed E-state index contributed by atoms with van der Waals surface area (Å²) in [6.07, 6.45) is 1.40. The Bertz CT molecular complexity index is 1060. The number of imidazole rings is 1. The molecule has 1 aliphatic rings. The van der Waals surface area contributed by atoms with Crippen molar-refractivity contribution in [2.24, 2.45) is 0 Å². The fraction of sp³-hybridized carbons (Fsp3) is 0.263. The number of piperidine rings is 1. The van der Waals surface area contributed by atoms with Crippen molar-refractivity contribution >= 4 is 21.1 Å². The Balaban J connectivity index is 1.53. The summed E-state index contributed by atoms with van der Waals surface area (Å²) >= 11 is 0. The first kappa shape index (κ1) is 16.8. The number of H-pyrrole nitrogens is 1. The molecule has 0 amide bonds. The third-order valence-corrected chi connectivity index (χ3v) is 6.83. The maximum Gasteiger partial charge on any atom is 0.244 e. The fourth-order valence-electron chi connectivity index (χ4n) is 3.46. The Morgan fingerprint density at radius 3 is 2.50 bits per heavy atom. The van der Waals surface area contributed by atoms with Crippen LogP contribution in [0.25, 0.3) is 11.0 Å². The van der Waals surface area contributed by atoms with Gasteiger partial charge in [-0.25, -0.2) is 13.4 Å². The van der Waals surface area contributed by atoms with E-state index in [0.29, 0.717) is 25.9 Å². The van der Waals surface area contributed by atoms with Crippen LogP contribution in [0, 0.1) is 11.3 Å².